The van der Waals surface area contributed by atoms with Crippen molar-refractivity contribution in [1.82, 2.24) is 19.6 Å². The van der Waals surface area contributed by atoms with E-state index in [2.05, 4.69) is 20.1 Å². The zero-order valence-electron chi connectivity index (χ0n) is 14.4. The Morgan fingerprint density at radius 3 is 2.92 bits per heavy atom. The number of aromatic nitrogens is 3. The number of fused-ring (bicyclic) bond motifs is 1. The zero-order valence-corrected chi connectivity index (χ0v) is 15.3. The minimum Gasteiger partial charge on any atom is -0.361 e. The molecule has 1 aliphatic carbocycles. The van der Waals surface area contributed by atoms with Crippen LogP contribution in [0.1, 0.15) is 29.9 Å². The Labute approximate surface area is 155 Å². The molecular formula is C18H19N5O2S. The Kier molecular flexibility index (Phi) is 4.66. The highest BCUT2D eigenvalue weighted by Gasteiger charge is 2.22. The number of hydrogen-bond acceptors (Lipinski definition) is 6. The number of nitrogens with zero attached hydrogens (tertiary/aromatic N) is 4. The van der Waals surface area contributed by atoms with Crippen molar-refractivity contribution in [3.8, 4) is 11.3 Å². The molecule has 0 spiro atoms. The normalized spacial score (nSPS) is 13.3. The van der Waals surface area contributed by atoms with E-state index in [0.717, 1.165) is 42.7 Å². The van der Waals surface area contributed by atoms with Crippen LogP contribution < -0.4 is 5.32 Å². The number of rotatable bonds is 4. The summed E-state index contributed by atoms with van der Waals surface area (Å²) in [5.41, 5.74) is 3.62. The SMILES string of the molecule is CN(Cc1noc2c1CCCC2)C(=O)Nc1snnc1-c1ccccc1. The quantitative estimate of drug-likeness (QED) is 0.757. The maximum atomic E-state index is 12.6. The highest BCUT2D eigenvalue weighted by Crippen LogP contribution is 2.29. The molecule has 4 rings (SSSR count). The standard InChI is InChI=1S/C18H19N5O2S/c1-23(11-14-13-9-5-6-10-15(13)25-21-14)18(24)19-17-16(20-22-26-17)12-7-3-2-4-8-12/h2-4,7-8H,5-6,9-11H2,1H3,(H,19,24). The second-order valence-corrected chi connectivity index (χ2v) is 7.10. The number of carbonyl (C=O) groups is 1. The van der Waals surface area contributed by atoms with E-state index in [4.69, 9.17) is 4.52 Å². The van der Waals surface area contributed by atoms with Gasteiger partial charge >= 0.3 is 6.03 Å². The monoisotopic (exact) mass is 369 g/mol. The van der Waals surface area contributed by atoms with Gasteiger partial charge in [-0.15, -0.1) is 5.10 Å². The van der Waals surface area contributed by atoms with E-state index < -0.39 is 0 Å². The van der Waals surface area contributed by atoms with Crippen LogP contribution in [0.4, 0.5) is 9.80 Å². The molecule has 1 aliphatic rings. The molecule has 0 atom stereocenters. The van der Waals surface area contributed by atoms with Crippen LogP contribution in [0.25, 0.3) is 11.3 Å². The Morgan fingerprint density at radius 2 is 2.08 bits per heavy atom. The third kappa shape index (κ3) is 3.32. The molecular weight excluding hydrogens is 350 g/mol. The number of urea groups is 1. The molecule has 0 bridgehead atoms. The molecule has 134 valence electrons. The lowest BCUT2D eigenvalue weighted by Gasteiger charge is -2.17. The fourth-order valence-electron chi connectivity index (χ4n) is 3.12. The van der Waals surface area contributed by atoms with Crippen molar-refractivity contribution in [3.63, 3.8) is 0 Å². The van der Waals surface area contributed by atoms with Gasteiger partial charge in [0, 0.05) is 36.1 Å². The number of hydrogen-bond donors (Lipinski definition) is 1. The average molecular weight is 369 g/mol. The van der Waals surface area contributed by atoms with Gasteiger partial charge in [0.2, 0.25) is 0 Å². The molecule has 0 radical (unpaired) electrons. The van der Waals surface area contributed by atoms with E-state index in [1.165, 1.54) is 17.1 Å². The lowest BCUT2D eigenvalue weighted by Crippen LogP contribution is -2.31. The summed E-state index contributed by atoms with van der Waals surface area (Å²) in [6.45, 7) is 0.414. The Balaban J connectivity index is 1.46. The largest absolute Gasteiger partial charge is 0.361 e. The molecule has 0 unspecified atom stereocenters. The van der Waals surface area contributed by atoms with Gasteiger partial charge in [-0.25, -0.2) is 4.79 Å². The summed E-state index contributed by atoms with van der Waals surface area (Å²) in [4.78, 5) is 14.2. The average Bonchev–Trinajstić information content (AvgIpc) is 3.30. The van der Waals surface area contributed by atoms with Gasteiger partial charge in [-0.1, -0.05) is 40.0 Å². The van der Waals surface area contributed by atoms with Gasteiger partial charge in [-0.3, -0.25) is 5.32 Å². The predicted octanol–water partition coefficient (Wildman–Crippen LogP) is 3.74. The first-order chi connectivity index (χ1) is 12.7. The fourth-order valence-corrected chi connectivity index (χ4v) is 3.70. The van der Waals surface area contributed by atoms with E-state index in [1.54, 1.807) is 11.9 Å². The van der Waals surface area contributed by atoms with Crippen LogP contribution in [0.3, 0.4) is 0 Å². The summed E-state index contributed by atoms with van der Waals surface area (Å²) in [6.07, 6.45) is 4.19. The van der Waals surface area contributed by atoms with Gasteiger partial charge < -0.3 is 9.42 Å². The van der Waals surface area contributed by atoms with Crippen molar-refractivity contribution in [1.29, 1.82) is 0 Å². The first-order valence-electron chi connectivity index (χ1n) is 8.58. The van der Waals surface area contributed by atoms with Gasteiger partial charge in [0.15, 0.2) is 0 Å². The Morgan fingerprint density at radius 1 is 1.27 bits per heavy atom. The van der Waals surface area contributed by atoms with Crippen molar-refractivity contribution in [2.45, 2.75) is 32.2 Å². The van der Waals surface area contributed by atoms with Crippen LogP contribution in [0.2, 0.25) is 0 Å². The predicted molar refractivity (Wildman–Crippen MR) is 99.0 cm³/mol. The van der Waals surface area contributed by atoms with Gasteiger partial charge in [0.05, 0.1) is 6.54 Å². The molecule has 0 saturated heterocycles. The Hall–Kier alpha value is -2.74. The minimum absolute atomic E-state index is 0.221. The van der Waals surface area contributed by atoms with Crippen molar-refractivity contribution in [2.75, 3.05) is 12.4 Å². The summed E-state index contributed by atoms with van der Waals surface area (Å²) in [5, 5.41) is 11.8. The van der Waals surface area contributed by atoms with E-state index in [9.17, 15) is 4.79 Å². The zero-order chi connectivity index (χ0) is 17.9. The van der Waals surface area contributed by atoms with Crippen molar-refractivity contribution >= 4 is 22.6 Å². The van der Waals surface area contributed by atoms with Crippen LogP contribution in [0.15, 0.2) is 34.9 Å². The molecule has 8 heteroatoms. The van der Waals surface area contributed by atoms with Gasteiger partial charge in [0.1, 0.15) is 22.1 Å². The molecule has 2 aromatic heterocycles. The van der Waals surface area contributed by atoms with E-state index in [0.29, 0.717) is 17.2 Å². The van der Waals surface area contributed by atoms with Crippen LogP contribution in [-0.4, -0.2) is 32.7 Å². The molecule has 0 aliphatic heterocycles. The van der Waals surface area contributed by atoms with Crippen molar-refractivity contribution in [3.05, 3.63) is 47.3 Å². The van der Waals surface area contributed by atoms with E-state index in [1.807, 2.05) is 30.3 Å². The highest BCUT2D eigenvalue weighted by atomic mass is 32.1. The summed E-state index contributed by atoms with van der Waals surface area (Å²) in [5.74, 6) is 0.970. The number of carbonyl (C=O) groups excluding carboxylic acids is 1. The second kappa shape index (κ2) is 7.25. The first-order valence-corrected chi connectivity index (χ1v) is 9.36. The minimum atomic E-state index is -0.221. The molecule has 1 N–H and O–H groups in total. The molecule has 0 saturated carbocycles. The maximum Gasteiger partial charge on any atom is 0.322 e. The molecule has 2 heterocycles. The number of amides is 2. The number of nitrogens with one attached hydrogen (secondary N) is 1. The lowest BCUT2D eigenvalue weighted by molar-refractivity contribution is 0.219. The summed E-state index contributed by atoms with van der Waals surface area (Å²) >= 11 is 1.17. The molecule has 7 nitrogen and oxygen atoms in total. The van der Waals surface area contributed by atoms with Crippen molar-refractivity contribution < 1.29 is 9.32 Å². The molecule has 26 heavy (non-hydrogen) atoms. The molecule has 1 aromatic carbocycles. The lowest BCUT2D eigenvalue weighted by atomic mass is 9.96. The smallest absolute Gasteiger partial charge is 0.322 e. The van der Waals surface area contributed by atoms with Gasteiger partial charge in [-0.2, -0.15) is 0 Å². The van der Waals surface area contributed by atoms with E-state index in [-0.39, 0.29) is 6.03 Å². The van der Waals surface area contributed by atoms with Gasteiger partial charge in [0.25, 0.3) is 0 Å². The highest BCUT2D eigenvalue weighted by molar-refractivity contribution is 7.10. The third-order valence-corrected chi connectivity index (χ3v) is 5.16. The van der Waals surface area contributed by atoms with Crippen LogP contribution in [0.5, 0.6) is 0 Å². The summed E-state index contributed by atoms with van der Waals surface area (Å²) in [6, 6.07) is 9.46. The van der Waals surface area contributed by atoms with Crippen molar-refractivity contribution in [2.24, 2.45) is 0 Å². The van der Waals surface area contributed by atoms with Gasteiger partial charge in [-0.05, 0) is 19.3 Å². The summed E-state index contributed by atoms with van der Waals surface area (Å²) in [7, 11) is 1.75. The second-order valence-electron chi connectivity index (χ2n) is 6.34. The number of aryl methyl sites for hydroxylation is 1. The van der Waals surface area contributed by atoms with Crippen LogP contribution >= 0.6 is 11.5 Å². The van der Waals surface area contributed by atoms with Crippen LogP contribution in [0, 0.1) is 0 Å². The topological polar surface area (TPSA) is 84.2 Å². The fraction of sp³-hybridized carbons (Fsp3) is 0.333. The van der Waals surface area contributed by atoms with Crippen LogP contribution in [-0.2, 0) is 19.4 Å². The van der Waals surface area contributed by atoms with E-state index >= 15 is 0 Å². The maximum absolute atomic E-state index is 12.6. The first kappa shape index (κ1) is 16.7. The third-order valence-electron chi connectivity index (χ3n) is 4.52. The summed E-state index contributed by atoms with van der Waals surface area (Å²) < 4.78 is 9.40. The molecule has 3 aromatic rings. The Bertz CT molecular complexity index is 905. The molecule has 0 fully saturated rings. The number of benzene rings is 1. The number of anilines is 1. The molecule has 2 amide bonds.